The summed E-state index contributed by atoms with van der Waals surface area (Å²) in [5, 5.41) is 2.81. The van der Waals surface area contributed by atoms with Crippen LogP contribution in [0, 0.1) is 5.92 Å². The van der Waals surface area contributed by atoms with E-state index in [1.165, 1.54) is 0 Å². The first-order chi connectivity index (χ1) is 9.11. The van der Waals surface area contributed by atoms with E-state index in [9.17, 15) is 9.59 Å². The van der Waals surface area contributed by atoms with Crippen molar-refractivity contribution in [2.45, 2.75) is 51.7 Å². The summed E-state index contributed by atoms with van der Waals surface area (Å²) >= 11 is 0. The lowest BCUT2D eigenvalue weighted by atomic mass is 9.96. The highest BCUT2D eigenvalue weighted by molar-refractivity contribution is 5.95. The van der Waals surface area contributed by atoms with Gasteiger partial charge in [0.2, 0.25) is 11.8 Å². The molecule has 2 aliphatic rings. The molecule has 0 bridgehead atoms. The highest BCUT2D eigenvalue weighted by atomic mass is 16.5. The molecule has 108 valence electrons. The molecule has 0 aromatic carbocycles. The van der Waals surface area contributed by atoms with Gasteiger partial charge in [0.25, 0.3) is 0 Å². The summed E-state index contributed by atoms with van der Waals surface area (Å²) in [7, 11) is 0. The molecular weight excluding hydrogens is 244 g/mol. The lowest BCUT2D eigenvalue weighted by Gasteiger charge is -2.37. The predicted molar refractivity (Wildman–Crippen MR) is 71.6 cm³/mol. The van der Waals surface area contributed by atoms with Gasteiger partial charge >= 0.3 is 0 Å². The van der Waals surface area contributed by atoms with Gasteiger partial charge in [-0.2, -0.15) is 0 Å². The number of carbonyl (C=O) groups is 2. The van der Waals surface area contributed by atoms with Crippen molar-refractivity contribution in [3.63, 3.8) is 0 Å². The molecule has 5 nitrogen and oxygen atoms in total. The van der Waals surface area contributed by atoms with Crippen LogP contribution in [-0.2, 0) is 14.3 Å². The largest absolute Gasteiger partial charge is 0.376 e. The molecule has 0 spiro atoms. The van der Waals surface area contributed by atoms with Crippen molar-refractivity contribution in [2.75, 3.05) is 19.7 Å². The van der Waals surface area contributed by atoms with Crippen molar-refractivity contribution in [3.8, 4) is 0 Å². The third-order valence-corrected chi connectivity index (χ3v) is 4.14. The molecule has 2 fully saturated rings. The van der Waals surface area contributed by atoms with Gasteiger partial charge in [-0.05, 0) is 25.2 Å². The lowest BCUT2D eigenvalue weighted by Crippen LogP contribution is -2.61. The number of carbonyl (C=O) groups excluding carboxylic acids is 2. The Morgan fingerprint density at radius 1 is 1.42 bits per heavy atom. The third-order valence-electron chi connectivity index (χ3n) is 4.14. The number of hydrogen-bond acceptors (Lipinski definition) is 3. The van der Waals surface area contributed by atoms with Crippen LogP contribution in [0.25, 0.3) is 0 Å². The molecule has 2 saturated heterocycles. The summed E-state index contributed by atoms with van der Waals surface area (Å²) in [6.45, 7) is 5.54. The Morgan fingerprint density at radius 3 is 2.84 bits per heavy atom. The van der Waals surface area contributed by atoms with Crippen LogP contribution in [0.1, 0.15) is 39.5 Å². The minimum absolute atomic E-state index is 0.0446. The van der Waals surface area contributed by atoms with Gasteiger partial charge in [-0.1, -0.05) is 20.3 Å². The summed E-state index contributed by atoms with van der Waals surface area (Å²) < 4.78 is 5.66. The minimum atomic E-state index is -0.366. The van der Waals surface area contributed by atoms with E-state index in [0.717, 1.165) is 32.3 Å². The standard InChI is InChI=1S/C14H24N2O3/c1-3-10(2)13-14(18)16(9-12(17)15-13)8-11-6-4-5-7-19-11/h10-11,13H,3-9H2,1-2H3,(H,15,17). The fourth-order valence-electron chi connectivity index (χ4n) is 2.70. The Labute approximate surface area is 114 Å². The first kappa shape index (κ1) is 14.3. The Hall–Kier alpha value is -1.10. The highest BCUT2D eigenvalue weighted by Crippen LogP contribution is 2.18. The van der Waals surface area contributed by atoms with Crippen molar-refractivity contribution in [3.05, 3.63) is 0 Å². The fraction of sp³-hybridized carbons (Fsp3) is 0.857. The van der Waals surface area contributed by atoms with Crippen molar-refractivity contribution in [1.29, 1.82) is 0 Å². The SMILES string of the molecule is CCC(C)C1NC(=O)CN(CC2CCCCO2)C1=O. The molecular formula is C14H24N2O3. The molecule has 1 N–H and O–H groups in total. The summed E-state index contributed by atoms with van der Waals surface area (Å²) in [5.74, 6) is 0.162. The second-order valence-corrected chi connectivity index (χ2v) is 5.64. The van der Waals surface area contributed by atoms with Gasteiger partial charge in [0.05, 0.1) is 12.6 Å². The normalized spacial score (nSPS) is 30.1. The maximum absolute atomic E-state index is 12.4. The first-order valence-electron chi connectivity index (χ1n) is 7.31. The average Bonchev–Trinajstić information content (AvgIpc) is 2.42. The molecule has 2 aliphatic heterocycles. The van der Waals surface area contributed by atoms with E-state index < -0.39 is 0 Å². The van der Waals surface area contributed by atoms with Crippen molar-refractivity contribution in [1.82, 2.24) is 10.2 Å². The van der Waals surface area contributed by atoms with Crippen LogP contribution in [0.4, 0.5) is 0 Å². The van der Waals surface area contributed by atoms with E-state index in [-0.39, 0.29) is 36.4 Å². The van der Waals surface area contributed by atoms with Crippen LogP contribution < -0.4 is 5.32 Å². The van der Waals surface area contributed by atoms with Gasteiger partial charge in [-0.3, -0.25) is 9.59 Å². The Balaban J connectivity index is 1.98. The van der Waals surface area contributed by atoms with Crippen molar-refractivity contribution < 1.29 is 14.3 Å². The second-order valence-electron chi connectivity index (χ2n) is 5.64. The van der Waals surface area contributed by atoms with Crippen LogP contribution in [0.5, 0.6) is 0 Å². The topological polar surface area (TPSA) is 58.6 Å². The summed E-state index contributed by atoms with van der Waals surface area (Å²) in [6.07, 6.45) is 4.21. The van der Waals surface area contributed by atoms with E-state index in [0.29, 0.717) is 6.54 Å². The average molecular weight is 268 g/mol. The van der Waals surface area contributed by atoms with Crippen LogP contribution in [0.15, 0.2) is 0 Å². The van der Waals surface area contributed by atoms with E-state index >= 15 is 0 Å². The second kappa shape index (κ2) is 6.37. The minimum Gasteiger partial charge on any atom is -0.376 e. The van der Waals surface area contributed by atoms with Crippen LogP contribution in [0.2, 0.25) is 0 Å². The van der Waals surface area contributed by atoms with Gasteiger partial charge in [0.1, 0.15) is 6.04 Å². The van der Waals surface area contributed by atoms with Gasteiger partial charge in [0.15, 0.2) is 0 Å². The van der Waals surface area contributed by atoms with Gasteiger partial charge in [-0.15, -0.1) is 0 Å². The first-order valence-corrected chi connectivity index (χ1v) is 7.31. The predicted octanol–water partition coefficient (Wildman–Crippen LogP) is 0.929. The van der Waals surface area contributed by atoms with Crippen molar-refractivity contribution >= 4 is 11.8 Å². The van der Waals surface area contributed by atoms with E-state index in [2.05, 4.69) is 5.32 Å². The van der Waals surface area contributed by atoms with Crippen LogP contribution in [-0.4, -0.2) is 48.6 Å². The zero-order valence-electron chi connectivity index (χ0n) is 11.9. The maximum atomic E-state index is 12.4. The molecule has 5 heteroatoms. The molecule has 3 atom stereocenters. The Morgan fingerprint density at radius 2 is 2.21 bits per heavy atom. The van der Waals surface area contributed by atoms with E-state index in [4.69, 9.17) is 4.74 Å². The maximum Gasteiger partial charge on any atom is 0.245 e. The number of hydrogen-bond donors (Lipinski definition) is 1. The molecule has 2 heterocycles. The van der Waals surface area contributed by atoms with Crippen LogP contribution in [0.3, 0.4) is 0 Å². The third kappa shape index (κ3) is 3.47. The monoisotopic (exact) mass is 268 g/mol. The number of nitrogens with zero attached hydrogens (tertiary/aromatic N) is 1. The molecule has 0 radical (unpaired) electrons. The van der Waals surface area contributed by atoms with E-state index in [1.807, 2.05) is 13.8 Å². The van der Waals surface area contributed by atoms with Crippen LogP contribution >= 0.6 is 0 Å². The molecule has 19 heavy (non-hydrogen) atoms. The molecule has 3 unspecified atom stereocenters. The quantitative estimate of drug-likeness (QED) is 0.825. The molecule has 0 aromatic heterocycles. The summed E-state index contributed by atoms with van der Waals surface area (Å²) in [6, 6.07) is -0.366. The number of amides is 2. The Kier molecular flexibility index (Phi) is 4.80. The zero-order chi connectivity index (χ0) is 13.8. The van der Waals surface area contributed by atoms with Gasteiger partial charge < -0.3 is 15.0 Å². The number of piperazine rings is 1. The zero-order valence-corrected chi connectivity index (χ0v) is 11.9. The number of rotatable bonds is 4. The molecule has 0 aliphatic carbocycles. The van der Waals surface area contributed by atoms with E-state index in [1.54, 1.807) is 4.90 Å². The summed E-state index contributed by atoms with van der Waals surface area (Å²) in [4.78, 5) is 25.8. The fourth-order valence-corrected chi connectivity index (χ4v) is 2.70. The molecule has 2 rings (SSSR count). The van der Waals surface area contributed by atoms with Gasteiger partial charge in [0, 0.05) is 13.2 Å². The summed E-state index contributed by atoms with van der Waals surface area (Å²) in [5.41, 5.74) is 0. The lowest BCUT2D eigenvalue weighted by molar-refractivity contribution is -0.148. The van der Waals surface area contributed by atoms with Crippen molar-refractivity contribution in [2.24, 2.45) is 5.92 Å². The number of ether oxygens (including phenoxy) is 1. The molecule has 0 saturated carbocycles. The smallest absolute Gasteiger partial charge is 0.245 e. The molecule has 0 aromatic rings. The highest BCUT2D eigenvalue weighted by Gasteiger charge is 2.36. The number of nitrogens with one attached hydrogen (secondary N) is 1. The van der Waals surface area contributed by atoms with Gasteiger partial charge in [-0.25, -0.2) is 0 Å². The Bertz CT molecular complexity index is 340. The molecule has 2 amide bonds.